The van der Waals surface area contributed by atoms with Gasteiger partial charge in [0.1, 0.15) is 18.1 Å². The van der Waals surface area contributed by atoms with Crippen molar-refractivity contribution in [1.82, 2.24) is 0 Å². The molecule has 0 radical (unpaired) electrons. The highest BCUT2D eigenvalue weighted by Crippen LogP contribution is 2.27. The zero-order chi connectivity index (χ0) is 21.6. The molecule has 2 aromatic rings. The number of primary amides is 2. The first kappa shape index (κ1) is 21.8. The van der Waals surface area contributed by atoms with E-state index in [4.69, 9.17) is 31.4 Å². The summed E-state index contributed by atoms with van der Waals surface area (Å²) in [6, 6.07) is 9.58. The Bertz CT molecular complexity index is 993. The molecule has 0 bridgehead atoms. The van der Waals surface area contributed by atoms with Crippen LogP contribution in [0.15, 0.2) is 47.4 Å². The second kappa shape index (κ2) is 9.12. The van der Waals surface area contributed by atoms with Crippen LogP contribution in [0, 0.1) is 0 Å². The Morgan fingerprint density at radius 2 is 1.69 bits per heavy atom. The van der Waals surface area contributed by atoms with E-state index in [0.29, 0.717) is 5.75 Å². The van der Waals surface area contributed by atoms with Crippen LogP contribution in [0.4, 0.5) is 11.4 Å². The summed E-state index contributed by atoms with van der Waals surface area (Å²) in [5.41, 5.74) is 16.2. The molecule has 1 atom stereocenters. The maximum absolute atomic E-state index is 12.6. The molecule has 7 N–H and O–H groups in total. The smallest absolute Gasteiger partial charge is 0.287 e. The third-order valence-electron chi connectivity index (χ3n) is 3.49. The van der Waals surface area contributed by atoms with Gasteiger partial charge in [-0.2, -0.15) is 0 Å². The lowest BCUT2D eigenvalue weighted by Gasteiger charge is -2.16. The number of carbonyl (C=O) groups excluding carboxylic acids is 2. The van der Waals surface area contributed by atoms with Crippen molar-refractivity contribution in [2.45, 2.75) is 11.2 Å². The number of carbonyl (C=O) groups is 2. The first-order valence-electron chi connectivity index (χ1n) is 8.04. The Labute approximate surface area is 166 Å². The van der Waals surface area contributed by atoms with Crippen LogP contribution < -0.4 is 31.4 Å². The summed E-state index contributed by atoms with van der Waals surface area (Å²) in [4.78, 5) is 22.0. The average molecular weight is 424 g/mol. The lowest BCUT2D eigenvalue weighted by Crippen LogP contribution is -2.38. The minimum atomic E-state index is -3.97. The second-order valence-electron chi connectivity index (χ2n) is 5.66. The van der Waals surface area contributed by atoms with Gasteiger partial charge in [-0.3, -0.25) is 14.3 Å². The lowest BCUT2D eigenvalue weighted by atomic mass is 10.2. The van der Waals surface area contributed by atoms with Gasteiger partial charge in [-0.05, 0) is 36.4 Å². The zero-order valence-corrected chi connectivity index (χ0v) is 16.1. The molecular weight excluding hydrogens is 404 g/mol. The topological polar surface area (TPSA) is 186 Å². The standard InChI is InChI=1S/C17H20N4O7S/c1-26-11-4-7-13(18)14(8-11)21-29(24,25)12-5-2-10(3-6-12)28-17(16(20)23)27-9-15(19)22/h2-8,17,21H,9,18H2,1H3,(H2,19,22)(H2,20,23). The van der Waals surface area contributed by atoms with Crippen LogP contribution in [0.2, 0.25) is 0 Å². The quantitative estimate of drug-likeness (QED) is 0.297. The van der Waals surface area contributed by atoms with E-state index >= 15 is 0 Å². The Morgan fingerprint density at radius 3 is 2.24 bits per heavy atom. The van der Waals surface area contributed by atoms with Crippen molar-refractivity contribution in [2.24, 2.45) is 11.5 Å². The van der Waals surface area contributed by atoms with Crippen LogP contribution in [0.1, 0.15) is 0 Å². The van der Waals surface area contributed by atoms with E-state index in [1.807, 2.05) is 0 Å². The van der Waals surface area contributed by atoms with Crippen LogP contribution >= 0.6 is 0 Å². The van der Waals surface area contributed by atoms with Gasteiger partial charge in [0, 0.05) is 6.07 Å². The van der Waals surface area contributed by atoms with Gasteiger partial charge in [0.05, 0.1) is 23.4 Å². The molecule has 156 valence electrons. The van der Waals surface area contributed by atoms with Gasteiger partial charge in [-0.25, -0.2) is 8.42 Å². The van der Waals surface area contributed by atoms with E-state index in [0.717, 1.165) is 0 Å². The highest BCUT2D eigenvalue weighted by Gasteiger charge is 2.20. The Hall–Kier alpha value is -3.51. The molecule has 2 amide bonds. The summed E-state index contributed by atoms with van der Waals surface area (Å²) in [5.74, 6) is -1.30. The highest BCUT2D eigenvalue weighted by atomic mass is 32.2. The summed E-state index contributed by atoms with van der Waals surface area (Å²) < 4.78 is 42.6. The predicted molar refractivity (Wildman–Crippen MR) is 103 cm³/mol. The van der Waals surface area contributed by atoms with E-state index in [1.54, 1.807) is 6.07 Å². The van der Waals surface area contributed by atoms with Crippen molar-refractivity contribution in [2.75, 3.05) is 24.2 Å². The molecule has 0 aromatic heterocycles. The van der Waals surface area contributed by atoms with Gasteiger partial charge >= 0.3 is 0 Å². The van der Waals surface area contributed by atoms with Gasteiger partial charge in [-0.15, -0.1) is 0 Å². The zero-order valence-electron chi connectivity index (χ0n) is 15.3. The summed E-state index contributed by atoms with van der Waals surface area (Å²) in [5, 5.41) is 0. The molecule has 0 fully saturated rings. The maximum Gasteiger partial charge on any atom is 0.287 e. The molecule has 1 unspecified atom stereocenters. The second-order valence-corrected chi connectivity index (χ2v) is 7.34. The van der Waals surface area contributed by atoms with E-state index in [1.165, 1.54) is 43.5 Å². The van der Waals surface area contributed by atoms with Crippen LogP contribution in [-0.2, 0) is 24.3 Å². The fraction of sp³-hybridized carbons (Fsp3) is 0.176. The fourth-order valence-electron chi connectivity index (χ4n) is 2.11. The Balaban J connectivity index is 2.15. The average Bonchev–Trinajstić information content (AvgIpc) is 2.66. The number of hydrogen-bond donors (Lipinski definition) is 4. The number of methoxy groups -OCH3 is 1. The van der Waals surface area contributed by atoms with Crippen LogP contribution in [0.3, 0.4) is 0 Å². The minimum Gasteiger partial charge on any atom is -0.497 e. The molecule has 0 saturated heterocycles. The van der Waals surface area contributed by atoms with E-state index in [-0.39, 0.29) is 22.0 Å². The lowest BCUT2D eigenvalue weighted by molar-refractivity contribution is -0.153. The summed E-state index contributed by atoms with van der Waals surface area (Å²) in [6.45, 7) is -0.577. The summed E-state index contributed by atoms with van der Waals surface area (Å²) >= 11 is 0. The normalized spacial score (nSPS) is 12.0. The third kappa shape index (κ3) is 5.99. The van der Waals surface area contributed by atoms with E-state index in [9.17, 15) is 18.0 Å². The van der Waals surface area contributed by atoms with Crippen molar-refractivity contribution in [1.29, 1.82) is 0 Å². The van der Waals surface area contributed by atoms with Crippen LogP contribution in [-0.4, -0.2) is 40.2 Å². The van der Waals surface area contributed by atoms with Crippen molar-refractivity contribution in [3.05, 3.63) is 42.5 Å². The van der Waals surface area contributed by atoms with Gasteiger partial charge in [0.25, 0.3) is 22.2 Å². The molecule has 11 nitrogen and oxygen atoms in total. The van der Waals surface area contributed by atoms with E-state index in [2.05, 4.69) is 4.72 Å². The summed E-state index contributed by atoms with van der Waals surface area (Å²) in [6.07, 6.45) is -1.57. The molecule has 0 aliphatic rings. The SMILES string of the molecule is COc1ccc(N)c(NS(=O)(=O)c2ccc(OC(OCC(N)=O)C(N)=O)cc2)c1. The van der Waals surface area contributed by atoms with Gasteiger partial charge in [0.2, 0.25) is 5.91 Å². The molecule has 0 spiro atoms. The molecule has 12 heteroatoms. The fourth-order valence-corrected chi connectivity index (χ4v) is 3.19. The first-order valence-corrected chi connectivity index (χ1v) is 9.53. The number of benzene rings is 2. The molecule has 0 aliphatic carbocycles. The number of nitrogens with one attached hydrogen (secondary N) is 1. The minimum absolute atomic E-state index is 0.0816. The number of anilines is 2. The monoisotopic (exact) mass is 424 g/mol. The molecule has 29 heavy (non-hydrogen) atoms. The number of amides is 2. The van der Waals surface area contributed by atoms with Gasteiger partial charge < -0.3 is 31.4 Å². The molecule has 2 rings (SSSR count). The molecular formula is C17H20N4O7S. The molecule has 0 aliphatic heterocycles. The first-order chi connectivity index (χ1) is 13.6. The number of rotatable bonds is 10. The van der Waals surface area contributed by atoms with Crippen molar-refractivity contribution < 1.29 is 32.2 Å². The Kier molecular flexibility index (Phi) is 6.85. The predicted octanol–water partition coefficient (Wildman–Crippen LogP) is -0.230. The Morgan fingerprint density at radius 1 is 1.07 bits per heavy atom. The number of nitrogen functional groups attached to an aromatic ring is 1. The number of ether oxygens (including phenoxy) is 3. The molecule has 0 heterocycles. The largest absolute Gasteiger partial charge is 0.497 e. The highest BCUT2D eigenvalue weighted by molar-refractivity contribution is 7.92. The summed E-state index contributed by atoms with van der Waals surface area (Å²) in [7, 11) is -2.53. The van der Waals surface area contributed by atoms with Crippen LogP contribution in [0.25, 0.3) is 0 Å². The number of sulfonamides is 1. The number of nitrogens with two attached hydrogens (primary N) is 3. The molecule has 0 saturated carbocycles. The van der Waals surface area contributed by atoms with Crippen molar-refractivity contribution in [3.63, 3.8) is 0 Å². The van der Waals surface area contributed by atoms with Crippen molar-refractivity contribution in [3.8, 4) is 11.5 Å². The van der Waals surface area contributed by atoms with Gasteiger partial charge in [-0.1, -0.05) is 0 Å². The molecule has 2 aromatic carbocycles. The number of hydrogen-bond acceptors (Lipinski definition) is 8. The maximum atomic E-state index is 12.6. The van der Waals surface area contributed by atoms with Crippen molar-refractivity contribution >= 4 is 33.2 Å². The van der Waals surface area contributed by atoms with Crippen LogP contribution in [0.5, 0.6) is 11.5 Å². The van der Waals surface area contributed by atoms with Gasteiger partial charge in [0.15, 0.2) is 0 Å². The van der Waals surface area contributed by atoms with E-state index < -0.39 is 34.7 Å². The third-order valence-corrected chi connectivity index (χ3v) is 4.87.